The number of carbonyl (C=O) groups is 1. The molecule has 3 rings (SSSR count). The van der Waals surface area contributed by atoms with Crippen LogP contribution in [0.2, 0.25) is 0 Å². The molecule has 0 saturated carbocycles. The topological polar surface area (TPSA) is 49.6 Å². The smallest absolute Gasteiger partial charge is 0.340 e. The van der Waals surface area contributed by atoms with Crippen molar-refractivity contribution in [1.29, 1.82) is 0 Å². The summed E-state index contributed by atoms with van der Waals surface area (Å²) in [6.45, 7) is 0.986. The molecule has 2 aliphatic rings. The number of likely N-dealkylation sites (tertiary alicyclic amines) is 2. The van der Waals surface area contributed by atoms with Crippen LogP contribution < -0.4 is 5.73 Å². The number of nitrogens with zero attached hydrogens (tertiary/aromatic N) is 2. The molecule has 1 aromatic carbocycles. The summed E-state index contributed by atoms with van der Waals surface area (Å²) in [7, 11) is 0. The molecule has 1 aromatic rings. The lowest BCUT2D eigenvalue weighted by Crippen LogP contribution is -2.57. The van der Waals surface area contributed by atoms with Gasteiger partial charge in [0.1, 0.15) is 0 Å². The lowest BCUT2D eigenvalue weighted by atomic mass is 9.83. The summed E-state index contributed by atoms with van der Waals surface area (Å²) in [5, 5.41) is 0. The Balaban J connectivity index is 1.77. The van der Waals surface area contributed by atoms with Gasteiger partial charge in [-0.25, -0.2) is 0 Å². The van der Waals surface area contributed by atoms with Crippen LogP contribution in [0, 0.1) is 5.41 Å². The lowest BCUT2D eigenvalue weighted by molar-refractivity contribution is -0.224. The molecule has 2 aliphatic heterocycles. The van der Waals surface area contributed by atoms with E-state index in [9.17, 15) is 18.0 Å². The van der Waals surface area contributed by atoms with Gasteiger partial charge in [-0.05, 0) is 31.4 Å². The molecule has 2 N–H and O–H groups in total. The number of benzene rings is 1. The molecule has 0 bridgehead atoms. The fourth-order valence-corrected chi connectivity index (χ4v) is 3.89. The summed E-state index contributed by atoms with van der Waals surface area (Å²) in [4.78, 5) is 15.9. The van der Waals surface area contributed by atoms with E-state index in [0.717, 1.165) is 12.0 Å². The summed E-state index contributed by atoms with van der Waals surface area (Å²) in [6, 6.07) is 9.14. The second kappa shape index (κ2) is 6.96. The number of nitrogens with two attached hydrogens (primary N) is 1. The fraction of sp³-hybridized carbons (Fsp3) is 0.611. The Labute approximate surface area is 145 Å². The molecular weight excluding hydrogens is 331 g/mol. The Kier molecular flexibility index (Phi) is 5.06. The first-order valence-electron chi connectivity index (χ1n) is 8.70. The van der Waals surface area contributed by atoms with Crippen LogP contribution in [0.3, 0.4) is 0 Å². The minimum Gasteiger partial charge on any atom is -0.340 e. The van der Waals surface area contributed by atoms with Crippen molar-refractivity contribution < 1.29 is 18.0 Å². The van der Waals surface area contributed by atoms with Gasteiger partial charge in [0.25, 0.3) is 0 Å². The third-order valence-corrected chi connectivity index (χ3v) is 5.29. The van der Waals surface area contributed by atoms with Gasteiger partial charge in [-0.1, -0.05) is 30.3 Å². The normalized spacial score (nSPS) is 28.3. The molecule has 25 heavy (non-hydrogen) atoms. The van der Waals surface area contributed by atoms with E-state index in [1.807, 2.05) is 30.3 Å². The molecule has 138 valence electrons. The first-order chi connectivity index (χ1) is 11.8. The molecule has 0 aromatic heterocycles. The summed E-state index contributed by atoms with van der Waals surface area (Å²) in [5.41, 5.74) is 4.50. The molecule has 0 aliphatic carbocycles. The van der Waals surface area contributed by atoms with Crippen LogP contribution >= 0.6 is 0 Å². The van der Waals surface area contributed by atoms with Gasteiger partial charge in [-0.15, -0.1) is 0 Å². The SMILES string of the molecule is NC1CCCN(C(=O)C2(C(F)(F)F)CCN(Cc3ccccc3)C2)C1. The van der Waals surface area contributed by atoms with E-state index in [1.165, 1.54) is 4.90 Å². The van der Waals surface area contributed by atoms with E-state index in [4.69, 9.17) is 5.73 Å². The molecular formula is C18H24F3N3O. The van der Waals surface area contributed by atoms with Crippen molar-refractivity contribution >= 4 is 5.91 Å². The highest BCUT2D eigenvalue weighted by molar-refractivity contribution is 5.84. The van der Waals surface area contributed by atoms with Gasteiger partial charge < -0.3 is 10.6 Å². The maximum atomic E-state index is 13.9. The quantitative estimate of drug-likeness (QED) is 0.906. The van der Waals surface area contributed by atoms with Gasteiger partial charge in [0, 0.05) is 32.2 Å². The Hall–Kier alpha value is -1.60. The zero-order valence-corrected chi connectivity index (χ0v) is 14.1. The van der Waals surface area contributed by atoms with E-state index in [0.29, 0.717) is 19.5 Å². The van der Waals surface area contributed by atoms with Crippen LogP contribution in [0.4, 0.5) is 13.2 Å². The number of halogens is 3. The van der Waals surface area contributed by atoms with Crippen LogP contribution in [0.5, 0.6) is 0 Å². The number of rotatable bonds is 3. The van der Waals surface area contributed by atoms with E-state index in [1.54, 1.807) is 4.90 Å². The number of hydrogen-bond acceptors (Lipinski definition) is 3. The van der Waals surface area contributed by atoms with Gasteiger partial charge >= 0.3 is 6.18 Å². The van der Waals surface area contributed by atoms with Crippen molar-refractivity contribution in [2.75, 3.05) is 26.2 Å². The standard InChI is InChI=1S/C18H24F3N3O/c19-18(20,21)17(16(25)24-9-4-7-15(22)12-24)8-10-23(13-17)11-14-5-2-1-3-6-14/h1-3,5-6,15H,4,7-13,22H2. The second-order valence-corrected chi connectivity index (χ2v) is 7.18. The van der Waals surface area contributed by atoms with Crippen molar-refractivity contribution in [2.24, 2.45) is 11.1 Å². The van der Waals surface area contributed by atoms with Gasteiger partial charge in [0.15, 0.2) is 5.41 Å². The highest BCUT2D eigenvalue weighted by atomic mass is 19.4. The highest BCUT2D eigenvalue weighted by Gasteiger charge is 2.64. The van der Waals surface area contributed by atoms with Gasteiger partial charge in [0.2, 0.25) is 5.91 Å². The number of hydrogen-bond donors (Lipinski definition) is 1. The van der Waals surface area contributed by atoms with Crippen LogP contribution in [0.25, 0.3) is 0 Å². The molecule has 2 atom stereocenters. The lowest BCUT2D eigenvalue weighted by Gasteiger charge is -2.39. The van der Waals surface area contributed by atoms with Crippen molar-refractivity contribution in [3.63, 3.8) is 0 Å². The molecule has 7 heteroatoms. The number of carbonyl (C=O) groups excluding carboxylic acids is 1. The van der Waals surface area contributed by atoms with Gasteiger partial charge in [0.05, 0.1) is 0 Å². The molecule has 2 fully saturated rings. The Morgan fingerprint density at radius 2 is 1.96 bits per heavy atom. The van der Waals surface area contributed by atoms with E-state index in [-0.39, 0.29) is 32.1 Å². The van der Waals surface area contributed by atoms with Crippen molar-refractivity contribution in [1.82, 2.24) is 9.80 Å². The van der Waals surface area contributed by atoms with Crippen LogP contribution in [0.1, 0.15) is 24.8 Å². The molecule has 2 saturated heterocycles. The van der Waals surface area contributed by atoms with Crippen LogP contribution in [0.15, 0.2) is 30.3 Å². The minimum absolute atomic E-state index is 0.187. The Bertz CT molecular complexity index is 607. The molecule has 2 heterocycles. The minimum atomic E-state index is -4.56. The van der Waals surface area contributed by atoms with Gasteiger partial charge in [-0.3, -0.25) is 9.69 Å². The van der Waals surface area contributed by atoms with Crippen molar-refractivity contribution in [2.45, 2.75) is 38.0 Å². The third kappa shape index (κ3) is 3.67. The first kappa shape index (κ1) is 18.2. The maximum Gasteiger partial charge on any atom is 0.404 e. The molecule has 2 unspecified atom stereocenters. The van der Waals surface area contributed by atoms with Crippen LogP contribution in [-0.2, 0) is 11.3 Å². The third-order valence-electron chi connectivity index (χ3n) is 5.29. The van der Waals surface area contributed by atoms with E-state index >= 15 is 0 Å². The molecule has 4 nitrogen and oxygen atoms in total. The highest BCUT2D eigenvalue weighted by Crippen LogP contribution is 2.47. The predicted octanol–water partition coefficient (Wildman–Crippen LogP) is 2.39. The number of alkyl halides is 3. The molecule has 0 radical (unpaired) electrons. The zero-order chi connectivity index (χ0) is 18.1. The average Bonchev–Trinajstić information content (AvgIpc) is 3.00. The largest absolute Gasteiger partial charge is 0.404 e. The summed E-state index contributed by atoms with van der Waals surface area (Å²) < 4.78 is 41.8. The average molecular weight is 355 g/mol. The number of amides is 1. The van der Waals surface area contributed by atoms with Crippen LogP contribution in [-0.4, -0.2) is 54.1 Å². The van der Waals surface area contributed by atoms with Crippen molar-refractivity contribution in [3.05, 3.63) is 35.9 Å². The zero-order valence-electron chi connectivity index (χ0n) is 14.1. The summed E-state index contributed by atoms with van der Waals surface area (Å²) in [6.07, 6.45) is -3.33. The Morgan fingerprint density at radius 1 is 1.24 bits per heavy atom. The molecule has 1 amide bonds. The first-order valence-corrected chi connectivity index (χ1v) is 8.70. The summed E-state index contributed by atoms with van der Waals surface area (Å²) >= 11 is 0. The van der Waals surface area contributed by atoms with Crippen molar-refractivity contribution in [3.8, 4) is 0 Å². The fourth-order valence-electron chi connectivity index (χ4n) is 3.89. The monoisotopic (exact) mass is 355 g/mol. The van der Waals surface area contributed by atoms with E-state index < -0.39 is 17.5 Å². The maximum absolute atomic E-state index is 13.9. The molecule has 0 spiro atoms. The second-order valence-electron chi connectivity index (χ2n) is 7.18. The number of piperidine rings is 1. The predicted molar refractivity (Wildman–Crippen MR) is 88.6 cm³/mol. The summed E-state index contributed by atoms with van der Waals surface area (Å²) in [5.74, 6) is -0.800. The van der Waals surface area contributed by atoms with Gasteiger partial charge in [-0.2, -0.15) is 13.2 Å². The van der Waals surface area contributed by atoms with E-state index in [2.05, 4.69) is 0 Å². The Morgan fingerprint density at radius 3 is 2.60 bits per heavy atom.